The Balaban J connectivity index is 1.50. The molecular weight excluding hydrogens is 288 g/mol. The van der Waals surface area contributed by atoms with Crippen molar-refractivity contribution < 1.29 is 4.79 Å². The van der Waals surface area contributed by atoms with Crippen molar-refractivity contribution in [1.82, 2.24) is 19.4 Å². The van der Waals surface area contributed by atoms with Crippen LogP contribution in [0.5, 0.6) is 0 Å². The average molecular weight is 312 g/mol. The van der Waals surface area contributed by atoms with Gasteiger partial charge in [0.25, 0.3) is 0 Å². The summed E-state index contributed by atoms with van der Waals surface area (Å²) in [5, 5.41) is 0. The number of carbonyl (C=O) groups excluding carboxylic acids is 1. The van der Waals surface area contributed by atoms with E-state index in [-0.39, 0.29) is 5.91 Å². The van der Waals surface area contributed by atoms with Crippen LogP contribution in [0.2, 0.25) is 0 Å². The first kappa shape index (κ1) is 15.7. The zero-order valence-corrected chi connectivity index (χ0v) is 13.7. The second-order valence-electron chi connectivity index (χ2n) is 6.19. The number of hydrogen-bond acceptors (Lipinski definition) is 3. The number of aromatic nitrogens is 3. The molecule has 0 bridgehead atoms. The van der Waals surface area contributed by atoms with Crippen molar-refractivity contribution in [3.8, 4) is 0 Å². The van der Waals surface area contributed by atoms with E-state index < -0.39 is 0 Å². The van der Waals surface area contributed by atoms with E-state index >= 15 is 0 Å². The number of likely N-dealkylation sites (tertiary alicyclic amines) is 1. The Bertz CT molecular complexity index is 637. The highest BCUT2D eigenvalue weighted by Crippen LogP contribution is 2.23. The highest BCUT2D eigenvalue weighted by Gasteiger charge is 2.24. The normalized spacial score (nSPS) is 18.1. The summed E-state index contributed by atoms with van der Waals surface area (Å²) < 4.78 is 2.20. The van der Waals surface area contributed by atoms with Crippen molar-refractivity contribution in [2.24, 2.45) is 0 Å². The zero-order valence-electron chi connectivity index (χ0n) is 13.7. The molecule has 1 saturated heterocycles. The standard InChI is InChI=1S/C18H24N4O/c1-15-19-11-13-22(15)17-8-5-12-21(14-17)18(23)9-4-7-16-6-2-3-10-20-16/h2-3,6,10-11,13,17H,4-5,7-9,12,14H2,1H3/t17-/m0/s1. The van der Waals surface area contributed by atoms with Crippen LogP contribution in [0.25, 0.3) is 0 Å². The first-order valence-electron chi connectivity index (χ1n) is 8.41. The Hall–Kier alpha value is -2.17. The number of hydrogen-bond donors (Lipinski definition) is 0. The van der Waals surface area contributed by atoms with Crippen molar-refractivity contribution in [2.75, 3.05) is 13.1 Å². The number of aryl methyl sites for hydroxylation is 2. The molecule has 2 aromatic rings. The number of amides is 1. The van der Waals surface area contributed by atoms with Crippen molar-refractivity contribution in [2.45, 2.75) is 45.1 Å². The maximum absolute atomic E-state index is 12.5. The smallest absolute Gasteiger partial charge is 0.222 e. The van der Waals surface area contributed by atoms with Crippen LogP contribution in [0.1, 0.15) is 43.2 Å². The highest BCUT2D eigenvalue weighted by atomic mass is 16.2. The summed E-state index contributed by atoms with van der Waals surface area (Å²) in [4.78, 5) is 23.1. The van der Waals surface area contributed by atoms with Gasteiger partial charge in [-0.15, -0.1) is 0 Å². The van der Waals surface area contributed by atoms with Gasteiger partial charge in [0, 0.05) is 43.8 Å². The summed E-state index contributed by atoms with van der Waals surface area (Å²) in [5.41, 5.74) is 1.06. The average Bonchev–Trinajstić information content (AvgIpc) is 3.02. The molecule has 122 valence electrons. The minimum atomic E-state index is 0.267. The molecule has 5 heteroatoms. The molecule has 5 nitrogen and oxygen atoms in total. The Morgan fingerprint density at radius 1 is 1.30 bits per heavy atom. The van der Waals surface area contributed by atoms with Crippen molar-refractivity contribution >= 4 is 5.91 Å². The maximum Gasteiger partial charge on any atom is 0.222 e. The molecule has 0 N–H and O–H groups in total. The molecule has 1 atom stereocenters. The van der Waals surface area contributed by atoms with E-state index in [1.165, 1.54) is 0 Å². The number of pyridine rings is 1. The highest BCUT2D eigenvalue weighted by molar-refractivity contribution is 5.76. The Labute approximate surface area is 137 Å². The molecule has 0 aromatic carbocycles. The van der Waals surface area contributed by atoms with Gasteiger partial charge in [0.15, 0.2) is 0 Å². The molecule has 1 aliphatic heterocycles. The molecule has 0 unspecified atom stereocenters. The molecule has 3 heterocycles. The number of nitrogens with zero attached hydrogens (tertiary/aromatic N) is 4. The molecule has 0 radical (unpaired) electrons. The molecular formula is C18H24N4O. The van der Waals surface area contributed by atoms with Gasteiger partial charge >= 0.3 is 0 Å². The first-order chi connectivity index (χ1) is 11.2. The number of imidazole rings is 1. The van der Waals surface area contributed by atoms with E-state index in [4.69, 9.17) is 0 Å². The quantitative estimate of drug-likeness (QED) is 0.853. The predicted octanol–water partition coefficient (Wildman–Crippen LogP) is 2.77. The van der Waals surface area contributed by atoms with Crippen LogP contribution in [-0.2, 0) is 11.2 Å². The third-order valence-electron chi connectivity index (χ3n) is 4.55. The van der Waals surface area contributed by atoms with Gasteiger partial charge in [-0.1, -0.05) is 6.07 Å². The van der Waals surface area contributed by atoms with Crippen LogP contribution in [0.15, 0.2) is 36.8 Å². The lowest BCUT2D eigenvalue weighted by molar-refractivity contribution is -0.132. The van der Waals surface area contributed by atoms with E-state index in [0.717, 1.165) is 50.3 Å². The lowest BCUT2D eigenvalue weighted by Gasteiger charge is -2.34. The molecule has 23 heavy (non-hydrogen) atoms. The summed E-state index contributed by atoms with van der Waals surface area (Å²) in [6.45, 7) is 3.71. The third kappa shape index (κ3) is 3.97. The molecule has 1 amide bonds. The molecule has 0 saturated carbocycles. The maximum atomic E-state index is 12.5. The monoisotopic (exact) mass is 312 g/mol. The third-order valence-corrected chi connectivity index (χ3v) is 4.55. The molecule has 3 rings (SSSR count). The van der Waals surface area contributed by atoms with Crippen molar-refractivity contribution in [3.05, 3.63) is 48.3 Å². The summed E-state index contributed by atoms with van der Waals surface area (Å²) >= 11 is 0. The molecule has 2 aromatic heterocycles. The van der Waals surface area contributed by atoms with Crippen LogP contribution < -0.4 is 0 Å². The SMILES string of the molecule is Cc1nccn1[C@H]1CCCN(C(=O)CCCc2ccccn2)C1. The molecule has 0 aliphatic carbocycles. The van der Waals surface area contributed by atoms with Gasteiger partial charge in [-0.3, -0.25) is 9.78 Å². The summed E-state index contributed by atoms with van der Waals surface area (Å²) in [6.07, 6.45) is 10.2. The largest absolute Gasteiger partial charge is 0.341 e. The van der Waals surface area contributed by atoms with Gasteiger partial charge < -0.3 is 9.47 Å². The Kier molecular flexibility index (Phi) is 5.05. The van der Waals surface area contributed by atoms with Crippen LogP contribution in [0.3, 0.4) is 0 Å². The van der Waals surface area contributed by atoms with Gasteiger partial charge in [0.1, 0.15) is 5.82 Å². The Morgan fingerprint density at radius 2 is 2.22 bits per heavy atom. The summed E-state index contributed by atoms with van der Waals surface area (Å²) in [5.74, 6) is 1.29. The van der Waals surface area contributed by atoms with Crippen molar-refractivity contribution in [1.29, 1.82) is 0 Å². The van der Waals surface area contributed by atoms with Gasteiger partial charge in [-0.2, -0.15) is 0 Å². The zero-order chi connectivity index (χ0) is 16.1. The first-order valence-corrected chi connectivity index (χ1v) is 8.41. The number of piperidine rings is 1. The fourth-order valence-electron chi connectivity index (χ4n) is 3.31. The fraction of sp³-hybridized carbons (Fsp3) is 0.500. The van der Waals surface area contributed by atoms with Crippen LogP contribution in [0.4, 0.5) is 0 Å². The molecule has 1 aliphatic rings. The number of rotatable bonds is 5. The Morgan fingerprint density at radius 3 is 2.96 bits per heavy atom. The van der Waals surface area contributed by atoms with E-state index in [1.807, 2.05) is 42.4 Å². The minimum absolute atomic E-state index is 0.267. The fourth-order valence-corrected chi connectivity index (χ4v) is 3.31. The number of carbonyl (C=O) groups is 1. The van der Waals surface area contributed by atoms with E-state index in [1.54, 1.807) is 6.20 Å². The van der Waals surface area contributed by atoms with Crippen molar-refractivity contribution in [3.63, 3.8) is 0 Å². The van der Waals surface area contributed by atoms with E-state index in [2.05, 4.69) is 14.5 Å². The molecule has 0 spiro atoms. The second kappa shape index (κ2) is 7.40. The van der Waals surface area contributed by atoms with E-state index in [0.29, 0.717) is 12.5 Å². The second-order valence-corrected chi connectivity index (χ2v) is 6.19. The van der Waals surface area contributed by atoms with Gasteiger partial charge in [0.05, 0.1) is 6.04 Å². The van der Waals surface area contributed by atoms with Crippen LogP contribution >= 0.6 is 0 Å². The summed E-state index contributed by atoms with van der Waals surface area (Å²) in [7, 11) is 0. The van der Waals surface area contributed by atoms with Gasteiger partial charge in [-0.25, -0.2) is 4.98 Å². The van der Waals surface area contributed by atoms with Crippen LogP contribution in [-0.4, -0.2) is 38.4 Å². The lowest BCUT2D eigenvalue weighted by Crippen LogP contribution is -2.40. The predicted molar refractivity (Wildman–Crippen MR) is 89.0 cm³/mol. The lowest BCUT2D eigenvalue weighted by atomic mass is 10.0. The topological polar surface area (TPSA) is 51.0 Å². The van der Waals surface area contributed by atoms with Crippen LogP contribution in [0, 0.1) is 6.92 Å². The minimum Gasteiger partial charge on any atom is -0.341 e. The van der Waals surface area contributed by atoms with E-state index in [9.17, 15) is 4.79 Å². The molecule has 1 fully saturated rings. The van der Waals surface area contributed by atoms with Gasteiger partial charge in [0.2, 0.25) is 5.91 Å². The summed E-state index contributed by atoms with van der Waals surface area (Å²) in [6, 6.07) is 6.29. The van der Waals surface area contributed by atoms with Gasteiger partial charge in [-0.05, 0) is 44.7 Å².